The molecule has 0 aliphatic carbocycles. The molecule has 0 heterocycles. The van der Waals surface area contributed by atoms with Gasteiger partial charge in [-0.15, -0.1) is 0 Å². The van der Waals surface area contributed by atoms with Gasteiger partial charge in [0.1, 0.15) is 12.4 Å². The molecule has 0 saturated carbocycles. The number of rotatable bonds is 5. The summed E-state index contributed by atoms with van der Waals surface area (Å²) in [7, 11) is 1.58. The van der Waals surface area contributed by atoms with Gasteiger partial charge in [-0.1, -0.05) is 17.7 Å². The van der Waals surface area contributed by atoms with Crippen LogP contribution in [0.1, 0.15) is 5.56 Å². The lowest BCUT2D eigenvalue weighted by molar-refractivity contribution is -0.385. The second-order valence-corrected chi connectivity index (χ2v) is 5.42. The second-order valence-electron chi connectivity index (χ2n) is 4.13. The number of hydrogen-bond donors (Lipinski definition) is 0. The molecule has 110 valence electrons. The van der Waals surface area contributed by atoms with E-state index in [1.807, 2.05) is 12.1 Å². The van der Waals surface area contributed by atoms with E-state index in [1.165, 1.54) is 12.1 Å². The largest absolute Gasteiger partial charge is 0.496 e. The van der Waals surface area contributed by atoms with Gasteiger partial charge in [0.15, 0.2) is 5.75 Å². The summed E-state index contributed by atoms with van der Waals surface area (Å²) in [5.41, 5.74) is 0.696. The Kier molecular flexibility index (Phi) is 5.03. The first-order chi connectivity index (χ1) is 10.0. The predicted molar refractivity (Wildman–Crippen MR) is 83.1 cm³/mol. The molecule has 5 nitrogen and oxygen atoms in total. The minimum atomic E-state index is -0.523. The molecule has 2 aromatic carbocycles. The smallest absolute Gasteiger partial charge is 0.312 e. The lowest BCUT2D eigenvalue weighted by atomic mass is 10.2. The molecule has 0 bridgehead atoms. The van der Waals surface area contributed by atoms with E-state index in [2.05, 4.69) is 15.9 Å². The predicted octanol–water partition coefficient (Wildman–Crippen LogP) is 4.60. The zero-order chi connectivity index (χ0) is 15.4. The molecule has 0 saturated heterocycles. The van der Waals surface area contributed by atoms with Crippen LogP contribution in [0.4, 0.5) is 5.69 Å². The average Bonchev–Trinajstić information content (AvgIpc) is 2.46. The molecule has 0 unspecified atom stereocenters. The summed E-state index contributed by atoms with van der Waals surface area (Å²) < 4.78 is 11.4. The number of ether oxygens (including phenoxy) is 2. The Hall–Kier alpha value is -1.79. The van der Waals surface area contributed by atoms with Crippen molar-refractivity contribution < 1.29 is 14.4 Å². The zero-order valence-corrected chi connectivity index (χ0v) is 13.3. The van der Waals surface area contributed by atoms with Gasteiger partial charge in [-0.25, -0.2) is 0 Å². The van der Waals surface area contributed by atoms with Gasteiger partial charge in [0, 0.05) is 11.1 Å². The lowest BCUT2D eigenvalue weighted by Gasteiger charge is -2.09. The summed E-state index contributed by atoms with van der Waals surface area (Å²) in [6, 6.07) is 9.75. The van der Waals surface area contributed by atoms with Crippen LogP contribution in [0, 0.1) is 10.1 Å². The third-order valence-corrected chi connectivity index (χ3v) is 3.58. The van der Waals surface area contributed by atoms with E-state index >= 15 is 0 Å². The molecule has 0 aromatic heterocycles. The standard InChI is InChI=1S/C14H11BrClNO4/c1-20-13-4-2-9(6-11(13)15)8-21-14-5-3-10(16)7-12(14)17(18)19/h2-7H,8H2,1H3. The van der Waals surface area contributed by atoms with Gasteiger partial charge in [-0.3, -0.25) is 10.1 Å². The van der Waals surface area contributed by atoms with Gasteiger partial charge in [0.25, 0.3) is 0 Å². The van der Waals surface area contributed by atoms with Crippen molar-refractivity contribution in [3.63, 3.8) is 0 Å². The number of benzene rings is 2. The fourth-order valence-electron chi connectivity index (χ4n) is 1.72. The van der Waals surface area contributed by atoms with Crippen LogP contribution >= 0.6 is 27.5 Å². The summed E-state index contributed by atoms with van der Waals surface area (Å²) in [6.45, 7) is 0.199. The number of hydrogen-bond acceptors (Lipinski definition) is 4. The number of halogens is 2. The second kappa shape index (κ2) is 6.78. The monoisotopic (exact) mass is 371 g/mol. The quantitative estimate of drug-likeness (QED) is 0.568. The fourth-order valence-corrected chi connectivity index (χ4v) is 2.47. The maximum absolute atomic E-state index is 11.0. The van der Waals surface area contributed by atoms with Gasteiger partial charge < -0.3 is 9.47 Å². The summed E-state index contributed by atoms with van der Waals surface area (Å²) in [5.74, 6) is 0.882. The first-order valence-corrected chi connectivity index (χ1v) is 7.07. The van der Waals surface area contributed by atoms with E-state index in [0.29, 0.717) is 10.8 Å². The van der Waals surface area contributed by atoms with Crippen molar-refractivity contribution in [3.05, 3.63) is 61.6 Å². The van der Waals surface area contributed by atoms with Crippen LogP contribution in [0.15, 0.2) is 40.9 Å². The van der Waals surface area contributed by atoms with Gasteiger partial charge in [0.2, 0.25) is 0 Å². The third kappa shape index (κ3) is 3.86. The first kappa shape index (κ1) is 15.6. The van der Waals surface area contributed by atoms with Crippen LogP contribution in [0.25, 0.3) is 0 Å². The molecule has 0 aliphatic heterocycles. The molecule has 7 heteroatoms. The Balaban J connectivity index is 2.16. The van der Waals surface area contributed by atoms with Crippen molar-refractivity contribution in [3.8, 4) is 11.5 Å². The van der Waals surface area contributed by atoms with Gasteiger partial charge >= 0.3 is 5.69 Å². The number of nitrogens with zero attached hydrogens (tertiary/aromatic N) is 1. The van der Waals surface area contributed by atoms with Gasteiger partial charge in [0.05, 0.1) is 16.5 Å². The summed E-state index contributed by atoms with van der Waals surface area (Å²) >= 11 is 9.13. The molecular formula is C14H11BrClNO4. The van der Waals surface area contributed by atoms with Crippen molar-refractivity contribution in [1.82, 2.24) is 0 Å². The van der Waals surface area contributed by atoms with Crippen molar-refractivity contribution in [2.75, 3.05) is 7.11 Å². The molecular weight excluding hydrogens is 362 g/mol. The molecule has 0 amide bonds. The molecule has 2 aromatic rings. The molecule has 0 radical (unpaired) electrons. The highest BCUT2D eigenvalue weighted by Gasteiger charge is 2.15. The Morgan fingerprint density at radius 1 is 1.24 bits per heavy atom. The Labute approximate surface area is 134 Å². The number of nitro benzene ring substituents is 1. The van der Waals surface area contributed by atoms with E-state index in [0.717, 1.165) is 10.0 Å². The number of methoxy groups -OCH3 is 1. The summed E-state index contributed by atoms with van der Waals surface area (Å²) in [5, 5.41) is 11.3. The van der Waals surface area contributed by atoms with E-state index in [9.17, 15) is 10.1 Å². The van der Waals surface area contributed by atoms with Crippen LogP contribution < -0.4 is 9.47 Å². The van der Waals surface area contributed by atoms with E-state index < -0.39 is 4.92 Å². The van der Waals surface area contributed by atoms with Gasteiger partial charge in [-0.2, -0.15) is 0 Å². The molecule has 0 N–H and O–H groups in total. The summed E-state index contributed by atoms with van der Waals surface area (Å²) in [4.78, 5) is 10.4. The van der Waals surface area contributed by atoms with Crippen LogP contribution in [0.5, 0.6) is 11.5 Å². The fraction of sp³-hybridized carbons (Fsp3) is 0.143. The molecule has 0 spiro atoms. The summed E-state index contributed by atoms with van der Waals surface area (Å²) in [6.07, 6.45) is 0. The van der Waals surface area contributed by atoms with Crippen molar-refractivity contribution >= 4 is 33.2 Å². The average molecular weight is 373 g/mol. The molecule has 2 rings (SSSR count). The SMILES string of the molecule is COc1ccc(COc2ccc(Cl)cc2[N+](=O)[O-])cc1Br. The highest BCUT2D eigenvalue weighted by Crippen LogP contribution is 2.31. The third-order valence-electron chi connectivity index (χ3n) is 2.73. The van der Waals surface area contributed by atoms with E-state index in [4.69, 9.17) is 21.1 Å². The van der Waals surface area contributed by atoms with Crippen LogP contribution in [-0.4, -0.2) is 12.0 Å². The highest BCUT2D eigenvalue weighted by molar-refractivity contribution is 9.10. The van der Waals surface area contributed by atoms with E-state index in [-0.39, 0.29) is 18.0 Å². The van der Waals surface area contributed by atoms with E-state index in [1.54, 1.807) is 19.2 Å². The minimum absolute atomic E-state index is 0.157. The Morgan fingerprint density at radius 2 is 1.95 bits per heavy atom. The highest BCUT2D eigenvalue weighted by atomic mass is 79.9. The molecule has 21 heavy (non-hydrogen) atoms. The topological polar surface area (TPSA) is 61.6 Å². The lowest BCUT2D eigenvalue weighted by Crippen LogP contribution is -1.99. The van der Waals surface area contributed by atoms with Crippen molar-refractivity contribution in [1.29, 1.82) is 0 Å². The Morgan fingerprint density at radius 3 is 2.57 bits per heavy atom. The maximum atomic E-state index is 11.0. The zero-order valence-electron chi connectivity index (χ0n) is 11.0. The van der Waals surface area contributed by atoms with Crippen LogP contribution in [0.3, 0.4) is 0 Å². The first-order valence-electron chi connectivity index (χ1n) is 5.90. The minimum Gasteiger partial charge on any atom is -0.496 e. The molecule has 0 atom stereocenters. The van der Waals surface area contributed by atoms with Crippen LogP contribution in [0.2, 0.25) is 5.02 Å². The molecule has 0 aliphatic rings. The normalized spacial score (nSPS) is 10.2. The Bertz CT molecular complexity index is 678. The number of nitro groups is 1. The molecule has 0 fully saturated rings. The van der Waals surface area contributed by atoms with Gasteiger partial charge in [-0.05, 0) is 45.8 Å². The van der Waals surface area contributed by atoms with Crippen LogP contribution in [-0.2, 0) is 6.61 Å². The van der Waals surface area contributed by atoms with Crippen molar-refractivity contribution in [2.45, 2.75) is 6.61 Å². The maximum Gasteiger partial charge on any atom is 0.312 e. The van der Waals surface area contributed by atoms with Crippen molar-refractivity contribution in [2.24, 2.45) is 0 Å².